The van der Waals surface area contributed by atoms with Gasteiger partial charge >= 0.3 is 0 Å². The van der Waals surface area contributed by atoms with Crippen LogP contribution < -0.4 is 4.74 Å². The van der Waals surface area contributed by atoms with E-state index in [1.807, 2.05) is 13.8 Å². The molecule has 0 aliphatic carbocycles. The van der Waals surface area contributed by atoms with Gasteiger partial charge in [0.25, 0.3) is 5.69 Å². The Balaban J connectivity index is 0.000000503. The van der Waals surface area contributed by atoms with E-state index in [0.29, 0.717) is 10.9 Å². The number of non-ortho nitro benzene ring substituents is 1. The van der Waals surface area contributed by atoms with Gasteiger partial charge < -0.3 is 15.0 Å². The molecule has 0 amide bonds. The van der Waals surface area contributed by atoms with E-state index in [2.05, 4.69) is 37.8 Å². The minimum Gasteiger partial charge on any atom is -0.496 e. The quantitative estimate of drug-likeness (QED) is 0.187. The lowest BCUT2D eigenvalue weighted by Gasteiger charge is -2.06. The summed E-state index contributed by atoms with van der Waals surface area (Å²) in [6, 6.07) is 6.46. The highest BCUT2D eigenvalue weighted by atomic mass is 35.5. The van der Waals surface area contributed by atoms with Gasteiger partial charge in [-0.2, -0.15) is 0 Å². The van der Waals surface area contributed by atoms with E-state index in [4.69, 9.17) is 21.7 Å². The molecule has 1 N–H and O–H groups in total. The molecule has 1 aromatic heterocycles. The molecule has 1 aromatic carbocycles. The Hall–Kier alpha value is -2.51. The Kier molecular flexibility index (Phi) is 15.7. The summed E-state index contributed by atoms with van der Waals surface area (Å²) in [4.78, 5) is 16.3. The van der Waals surface area contributed by atoms with Crippen molar-refractivity contribution in [3.8, 4) is 5.75 Å². The number of ether oxygens (including phenoxy) is 1. The third-order valence-electron chi connectivity index (χ3n) is 4.57. The van der Waals surface area contributed by atoms with Crippen molar-refractivity contribution in [1.29, 1.82) is 5.41 Å². The summed E-state index contributed by atoms with van der Waals surface area (Å²) in [5, 5.41) is 18.8. The number of methoxy groups -OCH3 is 1. The van der Waals surface area contributed by atoms with Crippen LogP contribution in [0.15, 0.2) is 30.5 Å². The number of nitro benzene ring substituents is 1. The Morgan fingerprint density at radius 3 is 2.27 bits per heavy atom. The second kappa shape index (κ2) is 17.0. The van der Waals surface area contributed by atoms with E-state index >= 15 is 0 Å². The van der Waals surface area contributed by atoms with Gasteiger partial charge in [0.1, 0.15) is 10.9 Å². The Morgan fingerprint density at radius 1 is 1.18 bits per heavy atom. The number of pyridine rings is 1. The summed E-state index contributed by atoms with van der Waals surface area (Å²) in [6.45, 7) is 9.43. The number of aryl methyl sites for hydroxylation is 2. The molecule has 184 valence electrons. The number of rotatable bonds is 9. The van der Waals surface area contributed by atoms with Crippen molar-refractivity contribution in [2.45, 2.75) is 59.8 Å². The predicted molar refractivity (Wildman–Crippen MR) is 138 cm³/mol. The standard InChI is InChI=1S/C10H13ClN2.C10H13NO3.C5H13N/c1-3-4-9(12)8-6-13-10(11)5-7(8)2;1-3-4-8-7-9(11(12)13)5-6-10(8)14-2;1-4-5-6(2)3/h5-6,12H,3-4H2,1-2H3;5-7H,3-4H2,1-2H3;4-5H2,1-3H3. The number of nitrogens with zero attached hydrogens (tertiary/aromatic N) is 3. The summed E-state index contributed by atoms with van der Waals surface area (Å²) in [7, 11) is 5.74. The lowest BCUT2D eigenvalue weighted by Crippen LogP contribution is -2.11. The van der Waals surface area contributed by atoms with Gasteiger partial charge in [0, 0.05) is 35.2 Å². The molecule has 8 heteroatoms. The molecule has 7 nitrogen and oxygen atoms in total. The molecular formula is C25H39ClN4O3. The summed E-state index contributed by atoms with van der Waals surface area (Å²) in [5.41, 5.74) is 3.59. The Bertz CT molecular complexity index is 873. The highest BCUT2D eigenvalue weighted by Crippen LogP contribution is 2.24. The van der Waals surface area contributed by atoms with Crippen LogP contribution in [0.5, 0.6) is 5.75 Å². The van der Waals surface area contributed by atoms with Crippen molar-refractivity contribution < 1.29 is 9.66 Å². The maximum absolute atomic E-state index is 10.5. The predicted octanol–water partition coefficient (Wildman–Crippen LogP) is 6.73. The molecule has 0 unspecified atom stereocenters. The molecule has 0 aliphatic heterocycles. The minimum atomic E-state index is -0.390. The van der Waals surface area contributed by atoms with Gasteiger partial charge in [0.2, 0.25) is 0 Å². The second-order valence-corrected chi connectivity index (χ2v) is 8.24. The topological polar surface area (TPSA) is 92.4 Å². The summed E-state index contributed by atoms with van der Waals surface area (Å²) in [6.07, 6.45) is 6.45. The lowest BCUT2D eigenvalue weighted by atomic mass is 10.0. The van der Waals surface area contributed by atoms with Crippen LogP contribution in [-0.2, 0) is 6.42 Å². The fourth-order valence-electron chi connectivity index (χ4n) is 3.01. The zero-order valence-corrected chi connectivity index (χ0v) is 21.8. The molecule has 0 saturated heterocycles. The van der Waals surface area contributed by atoms with Crippen molar-refractivity contribution >= 4 is 23.0 Å². The summed E-state index contributed by atoms with van der Waals surface area (Å²) < 4.78 is 5.11. The van der Waals surface area contributed by atoms with Crippen LogP contribution >= 0.6 is 11.6 Å². The van der Waals surface area contributed by atoms with Crippen molar-refractivity contribution in [3.63, 3.8) is 0 Å². The summed E-state index contributed by atoms with van der Waals surface area (Å²) >= 11 is 5.72. The molecule has 33 heavy (non-hydrogen) atoms. The first-order valence-electron chi connectivity index (χ1n) is 11.3. The largest absolute Gasteiger partial charge is 0.496 e. The molecule has 0 aliphatic rings. The van der Waals surface area contributed by atoms with E-state index in [1.54, 1.807) is 31.5 Å². The lowest BCUT2D eigenvalue weighted by molar-refractivity contribution is -0.384. The van der Waals surface area contributed by atoms with E-state index < -0.39 is 4.92 Å². The molecule has 0 spiro atoms. The normalized spacial score (nSPS) is 9.97. The van der Waals surface area contributed by atoms with E-state index in [0.717, 1.165) is 48.1 Å². The van der Waals surface area contributed by atoms with Crippen molar-refractivity contribution in [1.82, 2.24) is 9.88 Å². The van der Waals surface area contributed by atoms with Crippen LogP contribution in [0, 0.1) is 22.4 Å². The second-order valence-electron chi connectivity index (χ2n) is 7.86. The van der Waals surface area contributed by atoms with Gasteiger partial charge in [-0.25, -0.2) is 4.98 Å². The fraction of sp³-hybridized carbons (Fsp3) is 0.520. The molecule has 2 aromatic rings. The molecule has 0 fully saturated rings. The van der Waals surface area contributed by atoms with Crippen LogP contribution in [-0.4, -0.2) is 48.3 Å². The molecule has 1 heterocycles. The van der Waals surface area contributed by atoms with Crippen LogP contribution in [0.2, 0.25) is 5.15 Å². The number of hydrogen-bond acceptors (Lipinski definition) is 6. The highest BCUT2D eigenvalue weighted by Gasteiger charge is 2.10. The third-order valence-corrected chi connectivity index (χ3v) is 4.77. The van der Waals surface area contributed by atoms with E-state index in [-0.39, 0.29) is 5.69 Å². The number of halogens is 1. The monoisotopic (exact) mass is 478 g/mol. The first kappa shape index (κ1) is 30.5. The number of hydrogen-bond donors (Lipinski definition) is 1. The fourth-order valence-corrected chi connectivity index (χ4v) is 3.23. The first-order valence-corrected chi connectivity index (χ1v) is 11.6. The Labute approximate surface area is 203 Å². The third kappa shape index (κ3) is 12.3. The average molecular weight is 479 g/mol. The van der Waals surface area contributed by atoms with E-state index in [1.165, 1.54) is 19.0 Å². The van der Waals surface area contributed by atoms with Gasteiger partial charge in [0.15, 0.2) is 0 Å². The van der Waals surface area contributed by atoms with Gasteiger partial charge in [-0.15, -0.1) is 0 Å². The highest BCUT2D eigenvalue weighted by molar-refractivity contribution is 6.29. The average Bonchev–Trinajstić information content (AvgIpc) is 2.75. The molecular weight excluding hydrogens is 440 g/mol. The van der Waals surface area contributed by atoms with Crippen LogP contribution in [0.1, 0.15) is 63.1 Å². The first-order chi connectivity index (χ1) is 15.6. The van der Waals surface area contributed by atoms with Gasteiger partial charge in [-0.1, -0.05) is 45.2 Å². The van der Waals surface area contributed by atoms with Gasteiger partial charge in [-0.05, 0) is 64.5 Å². The number of benzene rings is 1. The minimum absolute atomic E-state index is 0.120. The van der Waals surface area contributed by atoms with Crippen molar-refractivity contribution in [3.05, 3.63) is 62.4 Å². The van der Waals surface area contributed by atoms with Crippen LogP contribution in [0.25, 0.3) is 0 Å². The Morgan fingerprint density at radius 2 is 1.85 bits per heavy atom. The van der Waals surface area contributed by atoms with Gasteiger partial charge in [-0.3, -0.25) is 10.1 Å². The molecule has 0 radical (unpaired) electrons. The number of nitrogens with one attached hydrogen (secondary N) is 1. The molecule has 2 rings (SSSR count). The molecule has 0 atom stereocenters. The molecule has 0 bridgehead atoms. The number of nitro groups is 1. The van der Waals surface area contributed by atoms with Crippen LogP contribution in [0.3, 0.4) is 0 Å². The maximum Gasteiger partial charge on any atom is 0.269 e. The van der Waals surface area contributed by atoms with Crippen LogP contribution in [0.4, 0.5) is 5.69 Å². The zero-order valence-electron chi connectivity index (χ0n) is 21.1. The van der Waals surface area contributed by atoms with Gasteiger partial charge in [0.05, 0.1) is 12.0 Å². The summed E-state index contributed by atoms with van der Waals surface area (Å²) in [5.74, 6) is 0.720. The smallest absolute Gasteiger partial charge is 0.269 e. The maximum atomic E-state index is 10.5. The van der Waals surface area contributed by atoms with Crippen molar-refractivity contribution in [2.75, 3.05) is 27.7 Å². The SMILES string of the molecule is CCCC(=N)c1cnc(Cl)cc1C.CCCN(C)C.CCCc1cc([N+](=O)[O-])ccc1OC. The number of aromatic nitrogens is 1. The zero-order chi connectivity index (χ0) is 25.4. The van der Waals surface area contributed by atoms with E-state index in [9.17, 15) is 10.1 Å². The van der Waals surface area contributed by atoms with Crippen molar-refractivity contribution in [2.24, 2.45) is 0 Å². The molecule has 0 saturated carbocycles.